The van der Waals surface area contributed by atoms with E-state index in [2.05, 4.69) is 59.0 Å². The molecular weight excluding hydrogens is 306 g/mol. The molecule has 2 N–H and O–H groups in total. The molecule has 0 spiro atoms. The first-order valence-electron chi connectivity index (χ1n) is 8.26. The lowest BCUT2D eigenvalue weighted by atomic mass is 9.78. The van der Waals surface area contributed by atoms with Crippen molar-refractivity contribution in [2.24, 2.45) is 0 Å². The molecule has 3 nitrogen and oxygen atoms in total. The Morgan fingerprint density at radius 3 is 2.04 bits per heavy atom. The van der Waals surface area contributed by atoms with Crippen LogP contribution < -0.4 is 5.32 Å². The van der Waals surface area contributed by atoms with Gasteiger partial charge in [0.1, 0.15) is 5.75 Å². The van der Waals surface area contributed by atoms with Gasteiger partial charge in [0.25, 0.3) is 0 Å². The van der Waals surface area contributed by atoms with Crippen molar-refractivity contribution in [3.05, 3.63) is 28.8 Å². The molecule has 0 aromatic heterocycles. The van der Waals surface area contributed by atoms with Crippen LogP contribution in [0.5, 0.6) is 5.75 Å². The van der Waals surface area contributed by atoms with E-state index in [1.807, 2.05) is 0 Å². The number of hydrogen-bond acceptors (Lipinski definition) is 3. The van der Waals surface area contributed by atoms with E-state index in [4.69, 9.17) is 0 Å². The highest BCUT2D eigenvalue weighted by atomic mass is 32.2. The maximum absolute atomic E-state index is 11.7. The minimum atomic E-state index is -0.112. The summed E-state index contributed by atoms with van der Waals surface area (Å²) < 4.78 is 0. The summed E-state index contributed by atoms with van der Waals surface area (Å²) in [6, 6.07) is 4.23. The zero-order valence-corrected chi connectivity index (χ0v) is 15.9. The molecule has 1 amide bonds. The van der Waals surface area contributed by atoms with E-state index in [0.29, 0.717) is 5.75 Å². The van der Waals surface area contributed by atoms with Crippen LogP contribution in [0.15, 0.2) is 12.1 Å². The lowest BCUT2D eigenvalue weighted by Gasteiger charge is -2.28. The van der Waals surface area contributed by atoms with Crippen molar-refractivity contribution in [3.63, 3.8) is 0 Å². The van der Waals surface area contributed by atoms with Crippen molar-refractivity contribution in [2.75, 3.05) is 5.88 Å². The number of amides is 1. The van der Waals surface area contributed by atoms with Gasteiger partial charge in [0.15, 0.2) is 0 Å². The third kappa shape index (κ3) is 4.23. The maximum atomic E-state index is 11.7. The molecule has 1 atom stereocenters. The van der Waals surface area contributed by atoms with Crippen molar-refractivity contribution in [3.8, 4) is 5.75 Å². The largest absolute Gasteiger partial charge is 0.507 e. The fourth-order valence-corrected chi connectivity index (χ4v) is 3.84. The highest BCUT2D eigenvalue weighted by Gasteiger charge is 2.28. The van der Waals surface area contributed by atoms with E-state index in [9.17, 15) is 9.90 Å². The number of benzene rings is 1. The van der Waals surface area contributed by atoms with Crippen molar-refractivity contribution < 1.29 is 9.90 Å². The van der Waals surface area contributed by atoms with E-state index in [1.54, 1.807) is 11.8 Å². The summed E-state index contributed by atoms with van der Waals surface area (Å²) in [7, 11) is 0. The molecule has 1 aliphatic heterocycles. The molecule has 1 fully saturated rings. The summed E-state index contributed by atoms with van der Waals surface area (Å²) in [5, 5.41) is 13.7. The maximum Gasteiger partial charge on any atom is 0.233 e. The van der Waals surface area contributed by atoms with Gasteiger partial charge < -0.3 is 10.4 Å². The number of aryl methyl sites for hydroxylation is 1. The van der Waals surface area contributed by atoms with Crippen LogP contribution in [-0.4, -0.2) is 22.1 Å². The van der Waals surface area contributed by atoms with Crippen LogP contribution in [0.25, 0.3) is 0 Å². The molecule has 0 radical (unpaired) electrons. The lowest BCUT2D eigenvalue weighted by molar-refractivity contribution is -0.119. The molecule has 1 heterocycles. The fourth-order valence-electron chi connectivity index (χ4n) is 2.90. The van der Waals surface area contributed by atoms with Gasteiger partial charge in [0.05, 0.1) is 11.1 Å². The van der Waals surface area contributed by atoms with Gasteiger partial charge in [-0.1, -0.05) is 53.7 Å². The van der Waals surface area contributed by atoms with Gasteiger partial charge in [-0.05, 0) is 40.4 Å². The molecule has 1 aromatic carbocycles. The fraction of sp³-hybridized carbons (Fsp3) is 0.632. The van der Waals surface area contributed by atoms with Crippen LogP contribution in [-0.2, 0) is 22.0 Å². The zero-order chi connectivity index (χ0) is 17.4. The second-order valence-electron chi connectivity index (χ2n) is 8.42. The third-order valence-corrected chi connectivity index (χ3v) is 5.47. The summed E-state index contributed by atoms with van der Waals surface area (Å²) in [4.78, 5) is 11.7. The number of aromatic hydroxyl groups is 1. The van der Waals surface area contributed by atoms with E-state index < -0.39 is 0 Å². The highest BCUT2D eigenvalue weighted by Crippen LogP contribution is 2.40. The van der Waals surface area contributed by atoms with Gasteiger partial charge in [0.2, 0.25) is 5.91 Å². The first-order valence-corrected chi connectivity index (χ1v) is 9.31. The normalized spacial score (nSPS) is 19.0. The molecule has 23 heavy (non-hydrogen) atoms. The Kier molecular flexibility index (Phi) is 5.05. The molecule has 128 valence electrons. The van der Waals surface area contributed by atoms with Crippen LogP contribution in [0.2, 0.25) is 0 Å². The minimum Gasteiger partial charge on any atom is -0.507 e. The standard InChI is InChI=1S/C19H29NO2S/c1-18(2,3)13-9-12(7-8-15-17(22)20-11-23-15)10-14(16(13)21)19(4,5)6/h9-10,15,21H,7-8,11H2,1-6H3,(H,20,22). The van der Waals surface area contributed by atoms with Crippen molar-refractivity contribution in [2.45, 2.75) is 70.5 Å². The number of phenols is 1. The second-order valence-corrected chi connectivity index (χ2v) is 9.61. The Morgan fingerprint density at radius 1 is 1.13 bits per heavy atom. The summed E-state index contributed by atoms with van der Waals surface area (Å²) in [5.74, 6) is 1.29. The quantitative estimate of drug-likeness (QED) is 0.874. The topological polar surface area (TPSA) is 49.3 Å². The number of carbonyl (C=O) groups is 1. The first-order chi connectivity index (χ1) is 10.5. The van der Waals surface area contributed by atoms with E-state index >= 15 is 0 Å². The Labute approximate surface area is 144 Å². The highest BCUT2D eigenvalue weighted by molar-refractivity contribution is 8.01. The van der Waals surface area contributed by atoms with Crippen LogP contribution in [0.4, 0.5) is 0 Å². The Morgan fingerprint density at radius 2 is 1.65 bits per heavy atom. The van der Waals surface area contributed by atoms with E-state index in [-0.39, 0.29) is 22.0 Å². The van der Waals surface area contributed by atoms with Crippen molar-refractivity contribution >= 4 is 17.7 Å². The Balaban J connectivity index is 2.34. The predicted molar refractivity (Wildman–Crippen MR) is 98.2 cm³/mol. The summed E-state index contributed by atoms with van der Waals surface area (Å²) in [6.07, 6.45) is 1.70. The lowest BCUT2D eigenvalue weighted by Crippen LogP contribution is -2.23. The number of hydrogen-bond donors (Lipinski definition) is 2. The second kappa shape index (κ2) is 6.39. The molecule has 1 aromatic rings. The number of nitrogens with one attached hydrogen (secondary N) is 1. The first kappa shape index (κ1) is 18.2. The molecule has 1 unspecified atom stereocenters. The number of phenolic OH excluding ortho intramolecular Hbond substituents is 1. The molecule has 1 aliphatic rings. The van der Waals surface area contributed by atoms with Gasteiger partial charge in [-0.25, -0.2) is 0 Å². The Hall–Kier alpha value is -1.16. The molecule has 2 rings (SSSR count). The van der Waals surface area contributed by atoms with Gasteiger partial charge >= 0.3 is 0 Å². The Bertz CT molecular complexity index is 561. The van der Waals surface area contributed by atoms with Crippen molar-refractivity contribution in [1.29, 1.82) is 0 Å². The molecule has 1 saturated heterocycles. The van der Waals surface area contributed by atoms with Crippen LogP contribution in [0.1, 0.15) is 64.7 Å². The smallest absolute Gasteiger partial charge is 0.233 e. The summed E-state index contributed by atoms with van der Waals surface area (Å²) >= 11 is 1.68. The number of rotatable bonds is 3. The zero-order valence-electron chi connectivity index (χ0n) is 15.1. The number of thioether (sulfide) groups is 1. The minimum absolute atomic E-state index is 0.0555. The van der Waals surface area contributed by atoms with Crippen LogP contribution in [0.3, 0.4) is 0 Å². The van der Waals surface area contributed by atoms with E-state index in [1.165, 1.54) is 5.56 Å². The molecule has 0 bridgehead atoms. The summed E-state index contributed by atoms with van der Waals surface area (Å²) in [6.45, 7) is 12.7. The van der Waals surface area contributed by atoms with Gasteiger partial charge in [-0.15, -0.1) is 11.8 Å². The average Bonchev–Trinajstić information content (AvgIpc) is 2.80. The molecular formula is C19H29NO2S. The number of carbonyl (C=O) groups excluding carboxylic acids is 1. The average molecular weight is 336 g/mol. The van der Waals surface area contributed by atoms with Gasteiger partial charge in [-0.2, -0.15) is 0 Å². The molecule has 0 aliphatic carbocycles. The monoisotopic (exact) mass is 335 g/mol. The SMILES string of the molecule is CC(C)(C)c1cc(CCC2SCNC2=O)cc(C(C)(C)C)c1O. The van der Waals surface area contributed by atoms with Crippen LogP contribution >= 0.6 is 11.8 Å². The van der Waals surface area contributed by atoms with Crippen LogP contribution in [0, 0.1) is 0 Å². The van der Waals surface area contributed by atoms with Gasteiger partial charge in [0, 0.05) is 0 Å². The molecule has 0 saturated carbocycles. The van der Waals surface area contributed by atoms with Crippen molar-refractivity contribution in [1.82, 2.24) is 5.32 Å². The third-order valence-electron chi connectivity index (χ3n) is 4.30. The summed E-state index contributed by atoms with van der Waals surface area (Å²) in [5.41, 5.74) is 2.96. The van der Waals surface area contributed by atoms with E-state index in [0.717, 1.165) is 29.8 Å². The molecule has 4 heteroatoms. The van der Waals surface area contributed by atoms with Gasteiger partial charge in [-0.3, -0.25) is 4.79 Å². The predicted octanol–water partition coefficient (Wildman–Crippen LogP) is 4.11.